The molecule has 3 N–H and O–H groups in total. The van der Waals surface area contributed by atoms with Crippen LogP contribution < -0.4 is 0 Å². The number of rotatable bonds is 6. The summed E-state index contributed by atoms with van der Waals surface area (Å²) in [6.45, 7) is 5.45. The van der Waals surface area contributed by atoms with E-state index in [9.17, 15) is 24.9 Å². The van der Waals surface area contributed by atoms with Crippen LogP contribution in [0, 0.1) is 0 Å². The molecule has 0 saturated carbocycles. The third-order valence-corrected chi connectivity index (χ3v) is 4.83. The number of hydrogen-bond donors (Lipinski definition) is 3. The summed E-state index contributed by atoms with van der Waals surface area (Å²) < 4.78 is 5.25. The second-order valence-corrected chi connectivity index (χ2v) is 6.79. The molecule has 4 atom stereocenters. The Morgan fingerprint density at radius 3 is 2.40 bits per heavy atom. The van der Waals surface area contributed by atoms with Gasteiger partial charge < -0.3 is 29.9 Å². The molecule has 2 aliphatic heterocycles. The van der Waals surface area contributed by atoms with Crippen molar-refractivity contribution in [3.63, 3.8) is 0 Å². The van der Waals surface area contributed by atoms with Crippen LogP contribution in [0.25, 0.3) is 0 Å². The van der Waals surface area contributed by atoms with Crippen molar-refractivity contribution in [2.45, 2.75) is 37.7 Å². The summed E-state index contributed by atoms with van der Waals surface area (Å²) in [6, 6.07) is -0.859. The molecule has 0 aromatic rings. The predicted octanol–water partition coefficient (Wildman–Crippen LogP) is -2.52. The van der Waals surface area contributed by atoms with Crippen molar-refractivity contribution in [3.8, 4) is 0 Å². The van der Waals surface area contributed by atoms with E-state index < -0.39 is 36.2 Å². The first kappa shape index (κ1) is 20.1. The van der Waals surface area contributed by atoms with Gasteiger partial charge in [-0.1, -0.05) is 6.92 Å². The summed E-state index contributed by atoms with van der Waals surface area (Å²) in [5, 5.41) is 29.7. The van der Waals surface area contributed by atoms with Gasteiger partial charge in [-0.2, -0.15) is 0 Å². The molecule has 144 valence electrons. The number of carbonyl (C=O) groups is 2. The summed E-state index contributed by atoms with van der Waals surface area (Å²) in [4.78, 5) is 29.6. The first-order valence-electron chi connectivity index (χ1n) is 8.76. The van der Waals surface area contributed by atoms with Crippen molar-refractivity contribution in [1.82, 2.24) is 14.7 Å². The van der Waals surface area contributed by atoms with Gasteiger partial charge in [0.15, 0.2) is 6.10 Å². The highest BCUT2D eigenvalue weighted by atomic mass is 16.5. The van der Waals surface area contributed by atoms with Crippen molar-refractivity contribution in [2.75, 3.05) is 52.9 Å². The maximum absolute atomic E-state index is 12.1. The first-order valence-corrected chi connectivity index (χ1v) is 8.76. The summed E-state index contributed by atoms with van der Waals surface area (Å²) in [7, 11) is 2.03. The van der Waals surface area contributed by atoms with Gasteiger partial charge in [-0.25, -0.2) is 0 Å². The third kappa shape index (κ3) is 4.89. The Morgan fingerprint density at radius 1 is 1.16 bits per heavy atom. The lowest BCUT2D eigenvalue weighted by Gasteiger charge is -2.43. The third-order valence-electron chi connectivity index (χ3n) is 4.83. The van der Waals surface area contributed by atoms with Crippen LogP contribution in [0.2, 0.25) is 0 Å². The summed E-state index contributed by atoms with van der Waals surface area (Å²) in [5.74, 6) is -1.08. The molecule has 0 bridgehead atoms. The molecule has 0 aromatic carbocycles. The molecule has 2 aliphatic rings. The minimum absolute atomic E-state index is 0.156. The molecule has 0 aromatic heterocycles. The lowest BCUT2D eigenvalue weighted by Crippen LogP contribution is -2.65. The van der Waals surface area contributed by atoms with E-state index >= 15 is 0 Å². The van der Waals surface area contributed by atoms with E-state index in [4.69, 9.17) is 4.74 Å². The van der Waals surface area contributed by atoms with Crippen molar-refractivity contribution in [3.05, 3.63) is 0 Å². The molecule has 2 rings (SSSR count). The molecule has 0 spiro atoms. The number of aliphatic hydroxyl groups excluding tert-OH is 3. The molecule has 2 fully saturated rings. The average molecular weight is 359 g/mol. The highest BCUT2D eigenvalue weighted by molar-refractivity contribution is 5.83. The Bertz CT molecular complexity index is 469. The Balaban J connectivity index is 1.89. The lowest BCUT2D eigenvalue weighted by atomic mass is 9.93. The van der Waals surface area contributed by atoms with Crippen molar-refractivity contribution < 1.29 is 29.6 Å². The summed E-state index contributed by atoms with van der Waals surface area (Å²) in [5.41, 5.74) is 0. The second kappa shape index (κ2) is 8.91. The minimum Gasteiger partial charge on any atom is -0.462 e. The smallest absolute Gasteiger partial charge is 0.320 e. The highest BCUT2D eigenvalue weighted by Gasteiger charge is 2.46. The van der Waals surface area contributed by atoms with E-state index in [2.05, 4.69) is 4.90 Å². The highest BCUT2D eigenvalue weighted by Crippen LogP contribution is 2.21. The number of nitrogens with zero attached hydrogens (tertiary/aromatic N) is 3. The van der Waals surface area contributed by atoms with E-state index in [1.165, 1.54) is 4.90 Å². The number of carbonyl (C=O) groups excluding carboxylic acids is 2. The Labute approximate surface area is 147 Å². The normalized spacial score (nSPS) is 32.0. The van der Waals surface area contributed by atoms with Crippen LogP contribution in [0.4, 0.5) is 0 Å². The lowest BCUT2D eigenvalue weighted by molar-refractivity contribution is -0.182. The van der Waals surface area contributed by atoms with Crippen LogP contribution in [-0.4, -0.2) is 119 Å². The van der Waals surface area contributed by atoms with Gasteiger partial charge in [-0.3, -0.25) is 14.5 Å². The SMILES string of the molecule is CCCN1C(=O)[C@H](O)[C@H](O)[C@H](O)[C@H]1COC(=O)CN1CCN(C)CC1. The number of ether oxygens (including phenoxy) is 1. The van der Waals surface area contributed by atoms with Crippen LogP contribution >= 0.6 is 0 Å². The minimum atomic E-state index is -1.65. The zero-order chi connectivity index (χ0) is 18.6. The van der Waals surface area contributed by atoms with E-state index in [1.54, 1.807) is 0 Å². The molecule has 25 heavy (non-hydrogen) atoms. The monoisotopic (exact) mass is 359 g/mol. The fourth-order valence-corrected chi connectivity index (χ4v) is 3.20. The van der Waals surface area contributed by atoms with Crippen LogP contribution in [-0.2, 0) is 14.3 Å². The largest absolute Gasteiger partial charge is 0.462 e. The molecule has 9 heteroatoms. The Hall–Kier alpha value is -1.26. The fraction of sp³-hybridized carbons (Fsp3) is 0.875. The van der Waals surface area contributed by atoms with Crippen molar-refractivity contribution >= 4 is 11.9 Å². The van der Waals surface area contributed by atoms with Gasteiger partial charge in [0, 0.05) is 32.7 Å². The molecule has 1 amide bonds. The van der Waals surface area contributed by atoms with Gasteiger partial charge in [0.25, 0.3) is 5.91 Å². The summed E-state index contributed by atoms with van der Waals surface area (Å²) >= 11 is 0. The number of likely N-dealkylation sites (N-methyl/N-ethyl adjacent to an activating group) is 1. The molecule has 2 heterocycles. The maximum atomic E-state index is 12.1. The molecular formula is C16H29N3O6. The molecule has 9 nitrogen and oxygen atoms in total. The number of hydrogen-bond acceptors (Lipinski definition) is 8. The molecule has 0 radical (unpaired) electrons. The predicted molar refractivity (Wildman–Crippen MR) is 88.7 cm³/mol. The number of likely N-dealkylation sites (tertiary alicyclic amines) is 1. The topological polar surface area (TPSA) is 114 Å². The van der Waals surface area contributed by atoms with Crippen molar-refractivity contribution in [1.29, 1.82) is 0 Å². The van der Waals surface area contributed by atoms with Crippen LogP contribution in [0.15, 0.2) is 0 Å². The average Bonchev–Trinajstić information content (AvgIpc) is 2.59. The number of amides is 1. The standard InChI is InChI=1S/C16H29N3O6/c1-3-4-19-11(13(21)14(22)15(23)16(19)24)10-25-12(20)9-18-7-5-17(2)6-8-18/h11,13-15,21-23H,3-10H2,1-2H3/t11-,13-,14-,15-/m1/s1. The van der Waals surface area contributed by atoms with E-state index in [1.807, 2.05) is 18.9 Å². The molecule has 2 saturated heterocycles. The van der Waals surface area contributed by atoms with Gasteiger partial charge in [0.1, 0.15) is 18.8 Å². The van der Waals surface area contributed by atoms with Crippen LogP contribution in [0.1, 0.15) is 13.3 Å². The first-order chi connectivity index (χ1) is 11.8. The zero-order valence-electron chi connectivity index (χ0n) is 14.9. The number of esters is 1. The number of piperazine rings is 1. The van der Waals surface area contributed by atoms with Gasteiger partial charge >= 0.3 is 5.97 Å². The summed E-state index contributed by atoms with van der Waals surface area (Å²) in [6.07, 6.45) is -3.98. The Morgan fingerprint density at radius 2 is 1.80 bits per heavy atom. The molecule has 0 unspecified atom stereocenters. The van der Waals surface area contributed by atoms with Gasteiger partial charge in [0.05, 0.1) is 12.6 Å². The van der Waals surface area contributed by atoms with Crippen molar-refractivity contribution in [2.24, 2.45) is 0 Å². The van der Waals surface area contributed by atoms with Crippen LogP contribution in [0.3, 0.4) is 0 Å². The second-order valence-electron chi connectivity index (χ2n) is 6.79. The fourth-order valence-electron chi connectivity index (χ4n) is 3.20. The molecular weight excluding hydrogens is 330 g/mol. The van der Waals surface area contributed by atoms with Gasteiger partial charge in [-0.05, 0) is 13.5 Å². The quantitative estimate of drug-likeness (QED) is 0.445. The van der Waals surface area contributed by atoms with E-state index in [0.717, 1.165) is 26.2 Å². The van der Waals surface area contributed by atoms with Crippen LogP contribution in [0.5, 0.6) is 0 Å². The number of aliphatic hydroxyl groups is 3. The van der Waals surface area contributed by atoms with E-state index in [0.29, 0.717) is 13.0 Å². The zero-order valence-corrected chi connectivity index (χ0v) is 14.9. The Kier molecular flexibility index (Phi) is 7.14. The molecule has 0 aliphatic carbocycles. The maximum Gasteiger partial charge on any atom is 0.320 e. The van der Waals surface area contributed by atoms with E-state index in [-0.39, 0.29) is 13.2 Å². The van der Waals surface area contributed by atoms with Gasteiger partial charge in [-0.15, -0.1) is 0 Å². The number of piperidine rings is 1. The van der Waals surface area contributed by atoms with Gasteiger partial charge in [0.2, 0.25) is 0 Å².